The molecule has 0 bridgehead atoms. The van der Waals surface area contributed by atoms with Crippen LogP contribution in [0.25, 0.3) is 0 Å². The number of likely N-dealkylation sites (N-methyl/N-ethyl adjacent to an activating group) is 1. The molecule has 128 valence electrons. The van der Waals surface area contributed by atoms with Crippen LogP contribution in [0.1, 0.15) is 32.3 Å². The highest BCUT2D eigenvalue weighted by Crippen LogP contribution is 2.28. The summed E-state index contributed by atoms with van der Waals surface area (Å²) >= 11 is 0. The summed E-state index contributed by atoms with van der Waals surface area (Å²) in [5, 5.41) is 3.08. The number of rotatable bonds is 7. The Morgan fingerprint density at radius 1 is 1.30 bits per heavy atom. The van der Waals surface area contributed by atoms with Crippen molar-refractivity contribution in [1.82, 2.24) is 10.2 Å². The maximum Gasteiger partial charge on any atom is 0.223 e. The minimum absolute atomic E-state index is 0.0911. The summed E-state index contributed by atoms with van der Waals surface area (Å²) < 4.78 is 5.67. The summed E-state index contributed by atoms with van der Waals surface area (Å²) in [5.41, 5.74) is 1.18. The molecule has 1 aromatic rings. The predicted molar refractivity (Wildman–Crippen MR) is 93.4 cm³/mol. The number of carbonyl (C=O) groups is 1. The van der Waals surface area contributed by atoms with Crippen molar-refractivity contribution in [2.75, 3.05) is 33.3 Å². The van der Waals surface area contributed by atoms with E-state index in [0.717, 1.165) is 32.4 Å². The van der Waals surface area contributed by atoms with Crippen LogP contribution in [0.15, 0.2) is 30.3 Å². The lowest BCUT2D eigenvalue weighted by atomic mass is 9.88. The van der Waals surface area contributed by atoms with E-state index in [9.17, 15) is 4.79 Å². The zero-order valence-electron chi connectivity index (χ0n) is 14.7. The van der Waals surface area contributed by atoms with Gasteiger partial charge in [0.2, 0.25) is 5.91 Å². The highest BCUT2D eigenvalue weighted by atomic mass is 16.5. The average Bonchev–Trinajstić information content (AvgIpc) is 2.53. The number of ether oxygens (including phenoxy) is 1. The van der Waals surface area contributed by atoms with Gasteiger partial charge >= 0.3 is 0 Å². The summed E-state index contributed by atoms with van der Waals surface area (Å²) in [7, 11) is 2.10. The van der Waals surface area contributed by atoms with E-state index in [4.69, 9.17) is 4.74 Å². The van der Waals surface area contributed by atoms with Crippen molar-refractivity contribution < 1.29 is 9.53 Å². The molecule has 0 saturated carbocycles. The lowest BCUT2D eigenvalue weighted by molar-refractivity contribution is -0.135. The van der Waals surface area contributed by atoms with Gasteiger partial charge in [-0.25, -0.2) is 0 Å². The molecule has 1 heterocycles. The first-order chi connectivity index (χ1) is 11.0. The van der Waals surface area contributed by atoms with Gasteiger partial charge < -0.3 is 15.0 Å². The standard InChI is InChI=1S/C19H30N2O2/c1-19(2)15-17(10-14-23-19)18(22)20-11-13-21(3)12-9-16-7-5-4-6-8-16/h4-8,17H,9-15H2,1-3H3,(H,20,22)/t17-/m0/s1. The van der Waals surface area contributed by atoms with E-state index in [1.54, 1.807) is 0 Å². The van der Waals surface area contributed by atoms with E-state index in [1.165, 1.54) is 5.56 Å². The van der Waals surface area contributed by atoms with Gasteiger partial charge in [-0.1, -0.05) is 30.3 Å². The van der Waals surface area contributed by atoms with E-state index >= 15 is 0 Å². The third-order valence-electron chi connectivity index (χ3n) is 4.49. The van der Waals surface area contributed by atoms with Crippen molar-refractivity contribution >= 4 is 5.91 Å². The van der Waals surface area contributed by atoms with E-state index in [0.29, 0.717) is 13.2 Å². The molecule has 1 aliphatic rings. The van der Waals surface area contributed by atoms with Crippen molar-refractivity contribution in [3.63, 3.8) is 0 Å². The monoisotopic (exact) mass is 318 g/mol. The molecule has 0 aromatic heterocycles. The van der Waals surface area contributed by atoms with Gasteiger partial charge in [-0.2, -0.15) is 0 Å². The predicted octanol–water partition coefficient (Wildman–Crippen LogP) is 2.48. The maximum atomic E-state index is 12.3. The van der Waals surface area contributed by atoms with Crippen LogP contribution < -0.4 is 5.32 Å². The Kier molecular flexibility index (Phi) is 6.60. The Labute approximate surface area is 140 Å². The van der Waals surface area contributed by atoms with Gasteiger partial charge in [0.25, 0.3) is 0 Å². The molecule has 23 heavy (non-hydrogen) atoms. The van der Waals surface area contributed by atoms with Crippen LogP contribution >= 0.6 is 0 Å². The minimum atomic E-state index is -0.174. The topological polar surface area (TPSA) is 41.6 Å². The quantitative estimate of drug-likeness (QED) is 0.840. The van der Waals surface area contributed by atoms with Crippen LogP contribution in [0.5, 0.6) is 0 Å². The number of nitrogens with zero attached hydrogens (tertiary/aromatic N) is 1. The lowest BCUT2D eigenvalue weighted by Gasteiger charge is -2.34. The first kappa shape index (κ1) is 18.0. The van der Waals surface area contributed by atoms with Gasteiger partial charge in [-0.05, 0) is 45.7 Å². The van der Waals surface area contributed by atoms with Crippen LogP contribution in [0, 0.1) is 5.92 Å². The molecule has 0 radical (unpaired) electrons. The highest BCUT2D eigenvalue weighted by molar-refractivity contribution is 5.78. The largest absolute Gasteiger partial charge is 0.376 e. The number of hydrogen-bond donors (Lipinski definition) is 1. The second kappa shape index (κ2) is 8.46. The first-order valence-electron chi connectivity index (χ1n) is 8.60. The van der Waals surface area contributed by atoms with Crippen LogP contribution in [-0.4, -0.2) is 49.7 Å². The van der Waals surface area contributed by atoms with Gasteiger partial charge in [0.05, 0.1) is 5.60 Å². The molecule has 1 aliphatic heterocycles. The third kappa shape index (κ3) is 6.32. The van der Waals surface area contributed by atoms with Gasteiger partial charge in [-0.3, -0.25) is 4.79 Å². The molecule has 1 saturated heterocycles. The smallest absolute Gasteiger partial charge is 0.223 e. The number of amides is 1. The SMILES string of the molecule is CN(CCNC(=O)[C@H]1CCOC(C)(C)C1)CCc1ccccc1. The van der Waals surface area contributed by atoms with Crippen molar-refractivity contribution in [3.05, 3.63) is 35.9 Å². The summed E-state index contributed by atoms with van der Waals surface area (Å²) in [4.78, 5) is 14.5. The molecule has 2 rings (SSSR count). The molecule has 1 fully saturated rings. The zero-order valence-corrected chi connectivity index (χ0v) is 14.7. The maximum absolute atomic E-state index is 12.3. The van der Waals surface area contributed by atoms with Crippen LogP contribution in [0.3, 0.4) is 0 Å². The molecular weight excluding hydrogens is 288 g/mol. The summed E-state index contributed by atoms with van der Waals surface area (Å²) in [5.74, 6) is 0.270. The van der Waals surface area contributed by atoms with Crippen LogP contribution in [0.2, 0.25) is 0 Å². The Hall–Kier alpha value is -1.39. The highest BCUT2D eigenvalue weighted by Gasteiger charge is 2.32. The molecule has 1 aromatic carbocycles. The fourth-order valence-electron chi connectivity index (χ4n) is 3.05. The van der Waals surface area contributed by atoms with Crippen molar-refractivity contribution in [1.29, 1.82) is 0 Å². The molecule has 0 aliphatic carbocycles. The van der Waals surface area contributed by atoms with Gasteiger partial charge in [0.1, 0.15) is 0 Å². The molecule has 1 atom stereocenters. The second-order valence-electron chi connectivity index (χ2n) is 7.13. The summed E-state index contributed by atoms with van der Waals surface area (Å²) in [6.45, 7) is 7.40. The molecule has 4 heteroatoms. The molecule has 1 N–H and O–H groups in total. The Bertz CT molecular complexity index is 487. The van der Waals surface area contributed by atoms with Crippen LogP contribution in [-0.2, 0) is 16.0 Å². The fraction of sp³-hybridized carbons (Fsp3) is 0.632. The van der Waals surface area contributed by atoms with Gasteiger partial charge in [-0.15, -0.1) is 0 Å². The lowest BCUT2D eigenvalue weighted by Crippen LogP contribution is -2.43. The van der Waals surface area contributed by atoms with Crippen molar-refractivity contribution in [2.45, 2.75) is 38.7 Å². The second-order valence-corrected chi connectivity index (χ2v) is 7.13. The normalized spacial score (nSPS) is 20.4. The number of hydrogen-bond acceptors (Lipinski definition) is 3. The molecule has 4 nitrogen and oxygen atoms in total. The van der Waals surface area contributed by atoms with E-state index < -0.39 is 0 Å². The van der Waals surface area contributed by atoms with Crippen LogP contribution in [0.4, 0.5) is 0 Å². The summed E-state index contributed by atoms with van der Waals surface area (Å²) in [6.07, 6.45) is 2.68. The molecular formula is C19H30N2O2. The molecule has 0 unspecified atom stereocenters. The number of nitrogens with one attached hydrogen (secondary N) is 1. The van der Waals surface area contributed by atoms with Gasteiger partial charge in [0, 0.05) is 32.2 Å². The third-order valence-corrected chi connectivity index (χ3v) is 4.49. The average molecular weight is 318 g/mol. The fourth-order valence-corrected chi connectivity index (χ4v) is 3.05. The number of carbonyl (C=O) groups excluding carboxylic acids is 1. The summed E-state index contributed by atoms with van der Waals surface area (Å²) in [6, 6.07) is 10.5. The van der Waals surface area contributed by atoms with Crippen molar-refractivity contribution in [2.24, 2.45) is 5.92 Å². The minimum Gasteiger partial charge on any atom is -0.376 e. The van der Waals surface area contributed by atoms with E-state index in [1.807, 2.05) is 6.07 Å². The van der Waals surface area contributed by atoms with E-state index in [2.05, 4.69) is 55.4 Å². The first-order valence-corrected chi connectivity index (χ1v) is 8.60. The molecule has 0 spiro atoms. The number of benzene rings is 1. The Balaban J connectivity index is 1.63. The van der Waals surface area contributed by atoms with Crippen molar-refractivity contribution in [3.8, 4) is 0 Å². The Morgan fingerprint density at radius 3 is 2.74 bits per heavy atom. The van der Waals surface area contributed by atoms with Gasteiger partial charge in [0.15, 0.2) is 0 Å². The molecule has 1 amide bonds. The van der Waals surface area contributed by atoms with E-state index in [-0.39, 0.29) is 17.4 Å². The Morgan fingerprint density at radius 2 is 2.04 bits per heavy atom. The zero-order chi connectivity index (χ0) is 16.7.